The summed E-state index contributed by atoms with van der Waals surface area (Å²) >= 11 is 5.00. The van der Waals surface area contributed by atoms with Gasteiger partial charge in [-0.15, -0.1) is 0 Å². The van der Waals surface area contributed by atoms with Gasteiger partial charge in [0.25, 0.3) is 0 Å². The Morgan fingerprint density at radius 1 is 1.89 bits per heavy atom. The average Bonchev–Trinajstić information content (AvgIpc) is 2.17. The van der Waals surface area contributed by atoms with Crippen LogP contribution < -0.4 is 0 Å². The second-order valence-corrected chi connectivity index (χ2v) is 3.25. The van der Waals surface area contributed by atoms with Crippen molar-refractivity contribution in [1.29, 1.82) is 0 Å². The quantitative estimate of drug-likeness (QED) is 0.803. The summed E-state index contributed by atoms with van der Waals surface area (Å²) < 4.78 is 0.812. The summed E-state index contributed by atoms with van der Waals surface area (Å²) in [6.07, 6.45) is 3.90. The lowest BCUT2D eigenvalue weighted by Gasteiger charge is -1.87. The van der Waals surface area contributed by atoms with Gasteiger partial charge in [-0.3, -0.25) is 0 Å². The van der Waals surface area contributed by atoms with Crippen molar-refractivity contribution >= 4 is 27.7 Å². The first kappa shape index (κ1) is 7.15. The van der Waals surface area contributed by atoms with Gasteiger partial charge in [0.15, 0.2) is 4.73 Å². The summed E-state index contributed by atoms with van der Waals surface area (Å²) in [6, 6.07) is 0. The molecule has 0 saturated heterocycles. The highest BCUT2D eigenvalue weighted by Gasteiger charge is 1.93. The number of imidazole rings is 1. The van der Waals surface area contributed by atoms with Crippen LogP contribution in [-0.2, 0) is 5.75 Å². The van der Waals surface area contributed by atoms with Gasteiger partial charge >= 0.3 is 0 Å². The Balaban J connectivity index is 2.61. The number of rotatable bonds is 2. The van der Waals surface area contributed by atoms with Gasteiger partial charge in [0.1, 0.15) is 0 Å². The summed E-state index contributed by atoms with van der Waals surface area (Å²) in [5.74, 6) is 0.999. The molecule has 0 amide bonds. The Bertz CT molecular complexity index is 187. The SMILES string of the molecule is CSCc1cnc(Br)[nH]1. The number of H-pyrrole nitrogens is 1. The van der Waals surface area contributed by atoms with Gasteiger partial charge in [0.2, 0.25) is 0 Å². The second kappa shape index (κ2) is 3.27. The van der Waals surface area contributed by atoms with Crippen molar-refractivity contribution in [3.05, 3.63) is 16.6 Å². The first-order valence-electron chi connectivity index (χ1n) is 2.51. The molecule has 9 heavy (non-hydrogen) atoms. The van der Waals surface area contributed by atoms with E-state index in [1.807, 2.05) is 6.20 Å². The topological polar surface area (TPSA) is 28.7 Å². The maximum Gasteiger partial charge on any atom is 0.174 e. The van der Waals surface area contributed by atoms with Gasteiger partial charge in [-0.2, -0.15) is 11.8 Å². The lowest BCUT2D eigenvalue weighted by molar-refractivity contribution is 1.19. The van der Waals surface area contributed by atoms with E-state index < -0.39 is 0 Å². The summed E-state index contributed by atoms with van der Waals surface area (Å²) in [6.45, 7) is 0. The van der Waals surface area contributed by atoms with Crippen LogP contribution in [0.2, 0.25) is 0 Å². The van der Waals surface area contributed by atoms with E-state index in [1.54, 1.807) is 11.8 Å². The van der Waals surface area contributed by atoms with E-state index in [1.165, 1.54) is 0 Å². The summed E-state index contributed by atoms with van der Waals surface area (Å²) in [5.41, 5.74) is 1.16. The van der Waals surface area contributed by atoms with E-state index in [4.69, 9.17) is 0 Å². The fourth-order valence-corrected chi connectivity index (χ4v) is 1.38. The molecule has 0 aliphatic rings. The molecule has 2 nitrogen and oxygen atoms in total. The van der Waals surface area contributed by atoms with E-state index >= 15 is 0 Å². The molecule has 0 radical (unpaired) electrons. The van der Waals surface area contributed by atoms with E-state index in [0.717, 1.165) is 16.2 Å². The van der Waals surface area contributed by atoms with Gasteiger partial charge < -0.3 is 4.98 Å². The molecule has 0 bridgehead atoms. The smallest absolute Gasteiger partial charge is 0.174 e. The molecule has 1 N–H and O–H groups in total. The summed E-state index contributed by atoms with van der Waals surface area (Å²) in [5, 5.41) is 0. The van der Waals surface area contributed by atoms with Crippen LogP contribution in [0.4, 0.5) is 0 Å². The number of nitrogens with zero attached hydrogens (tertiary/aromatic N) is 1. The number of halogens is 1. The first-order valence-corrected chi connectivity index (χ1v) is 4.70. The van der Waals surface area contributed by atoms with Crippen molar-refractivity contribution < 1.29 is 0 Å². The zero-order chi connectivity index (χ0) is 6.69. The molecule has 1 aromatic rings. The molecule has 0 saturated carbocycles. The maximum atomic E-state index is 3.98. The molecular weight excluding hydrogens is 200 g/mol. The molecular formula is C5H7BrN2S. The molecule has 50 valence electrons. The number of hydrogen-bond acceptors (Lipinski definition) is 2. The molecule has 0 aromatic carbocycles. The fraction of sp³-hybridized carbons (Fsp3) is 0.400. The molecule has 1 heterocycles. The molecule has 0 atom stereocenters. The van der Waals surface area contributed by atoms with Crippen LogP contribution in [0, 0.1) is 0 Å². The number of aromatic nitrogens is 2. The van der Waals surface area contributed by atoms with Crippen LogP contribution in [-0.4, -0.2) is 16.2 Å². The van der Waals surface area contributed by atoms with Crippen molar-refractivity contribution in [3.63, 3.8) is 0 Å². The Morgan fingerprint density at radius 2 is 2.67 bits per heavy atom. The van der Waals surface area contributed by atoms with Gasteiger partial charge in [0.05, 0.1) is 6.20 Å². The predicted molar refractivity (Wildman–Crippen MR) is 43.5 cm³/mol. The highest BCUT2D eigenvalue weighted by Crippen LogP contribution is 2.08. The molecule has 0 aliphatic carbocycles. The number of aromatic amines is 1. The minimum atomic E-state index is 0.812. The number of thioether (sulfide) groups is 1. The third kappa shape index (κ3) is 2.02. The summed E-state index contributed by atoms with van der Waals surface area (Å²) in [4.78, 5) is 7.04. The zero-order valence-corrected chi connectivity index (χ0v) is 7.42. The third-order valence-electron chi connectivity index (χ3n) is 0.897. The van der Waals surface area contributed by atoms with Crippen molar-refractivity contribution in [2.24, 2.45) is 0 Å². The van der Waals surface area contributed by atoms with E-state index in [-0.39, 0.29) is 0 Å². The highest BCUT2D eigenvalue weighted by molar-refractivity contribution is 9.10. The normalized spacial score (nSPS) is 10.0. The lowest BCUT2D eigenvalue weighted by atomic mass is 10.6. The Morgan fingerprint density at radius 3 is 3.11 bits per heavy atom. The van der Waals surface area contributed by atoms with E-state index in [2.05, 4.69) is 32.2 Å². The molecule has 0 fully saturated rings. The van der Waals surface area contributed by atoms with Crippen molar-refractivity contribution in [3.8, 4) is 0 Å². The number of nitrogens with one attached hydrogen (secondary N) is 1. The Kier molecular flexibility index (Phi) is 2.60. The van der Waals surface area contributed by atoms with E-state index in [0.29, 0.717) is 0 Å². The van der Waals surface area contributed by atoms with Crippen LogP contribution in [0.3, 0.4) is 0 Å². The highest BCUT2D eigenvalue weighted by atomic mass is 79.9. The Labute approximate surface area is 66.6 Å². The second-order valence-electron chi connectivity index (χ2n) is 1.63. The van der Waals surface area contributed by atoms with Gasteiger partial charge in [-0.25, -0.2) is 4.98 Å². The molecule has 4 heteroatoms. The van der Waals surface area contributed by atoms with Crippen LogP contribution in [0.25, 0.3) is 0 Å². The monoisotopic (exact) mass is 206 g/mol. The molecule has 0 aliphatic heterocycles. The van der Waals surface area contributed by atoms with Crippen molar-refractivity contribution in [2.45, 2.75) is 5.75 Å². The molecule has 1 rings (SSSR count). The average molecular weight is 207 g/mol. The third-order valence-corrected chi connectivity index (χ3v) is 1.90. The minimum absolute atomic E-state index is 0.812. The van der Waals surface area contributed by atoms with Crippen LogP contribution in [0.1, 0.15) is 5.69 Å². The fourth-order valence-electron chi connectivity index (χ4n) is 0.560. The van der Waals surface area contributed by atoms with Crippen LogP contribution in [0.5, 0.6) is 0 Å². The molecule has 0 unspecified atom stereocenters. The standard InChI is InChI=1S/C5H7BrN2S/c1-9-3-4-2-7-5(6)8-4/h2H,3H2,1H3,(H,7,8). The first-order chi connectivity index (χ1) is 4.33. The predicted octanol–water partition coefficient (Wildman–Crippen LogP) is 2.04. The molecule has 1 aromatic heterocycles. The van der Waals surface area contributed by atoms with Crippen molar-refractivity contribution in [2.75, 3.05) is 6.26 Å². The van der Waals surface area contributed by atoms with Crippen LogP contribution >= 0.6 is 27.7 Å². The maximum absolute atomic E-state index is 3.98. The Hall–Kier alpha value is 0.0400. The van der Waals surface area contributed by atoms with Gasteiger partial charge in [-0.1, -0.05) is 0 Å². The van der Waals surface area contributed by atoms with Gasteiger partial charge in [-0.05, 0) is 22.2 Å². The zero-order valence-electron chi connectivity index (χ0n) is 5.02. The minimum Gasteiger partial charge on any atom is -0.336 e. The molecule has 0 spiro atoms. The lowest BCUT2D eigenvalue weighted by Crippen LogP contribution is -1.75. The van der Waals surface area contributed by atoms with Crippen LogP contribution in [0.15, 0.2) is 10.9 Å². The largest absolute Gasteiger partial charge is 0.336 e. The van der Waals surface area contributed by atoms with E-state index in [9.17, 15) is 0 Å². The summed E-state index contributed by atoms with van der Waals surface area (Å²) in [7, 11) is 0. The van der Waals surface area contributed by atoms with Gasteiger partial charge in [0, 0.05) is 11.4 Å². The van der Waals surface area contributed by atoms with Crippen molar-refractivity contribution in [1.82, 2.24) is 9.97 Å². The number of hydrogen-bond donors (Lipinski definition) is 1.